The lowest BCUT2D eigenvalue weighted by Gasteiger charge is -2.27. The quantitative estimate of drug-likeness (QED) is 0.340. The lowest BCUT2D eigenvalue weighted by Crippen LogP contribution is -2.41. The van der Waals surface area contributed by atoms with Gasteiger partial charge in [0.1, 0.15) is 17.7 Å². The summed E-state index contributed by atoms with van der Waals surface area (Å²) in [5.74, 6) is 1.59. The van der Waals surface area contributed by atoms with Crippen molar-refractivity contribution < 1.29 is 4.79 Å². The second kappa shape index (κ2) is 11.0. The fraction of sp³-hybridized carbons (Fsp3) is 0.360. The number of hydrogen-bond donors (Lipinski definition) is 2. The number of anilines is 1. The van der Waals surface area contributed by atoms with Crippen LogP contribution in [-0.4, -0.2) is 26.5 Å². The van der Waals surface area contributed by atoms with E-state index in [0.717, 1.165) is 24.8 Å². The number of nitrogens with one attached hydrogen (secondary N) is 2. The Hall–Kier alpha value is -3.37. The summed E-state index contributed by atoms with van der Waals surface area (Å²) in [6, 6.07) is 12.4. The maximum Gasteiger partial charge on any atom is 0.242 e. The normalized spacial score (nSPS) is 14.9. The van der Waals surface area contributed by atoms with Crippen LogP contribution in [0.2, 0.25) is 5.28 Å². The predicted molar refractivity (Wildman–Crippen MR) is 130 cm³/mol. The van der Waals surface area contributed by atoms with Crippen LogP contribution < -0.4 is 10.6 Å². The Morgan fingerprint density at radius 3 is 2.58 bits per heavy atom. The summed E-state index contributed by atoms with van der Waals surface area (Å²) in [6.45, 7) is 7.47. The zero-order valence-electron chi connectivity index (χ0n) is 18.4. The van der Waals surface area contributed by atoms with E-state index in [4.69, 9.17) is 18.2 Å². The number of carbonyl (C=O) groups is 1. The number of hydrogen-bond acceptors (Lipinski definition) is 4. The van der Waals surface area contributed by atoms with Gasteiger partial charge < -0.3 is 15.2 Å². The van der Waals surface area contributed by atoms with Crippen molar-refractivity contribution in [3.05, 3.63) is 77.1 Å². The van der Waals surface area contributed by atoms with Crippen LogP contribution >= 0.6 is 11.6 Å². The zero-order valence-corrected chi connectivity index (χ0v) is 19.1. The lowest BCUT2D eigenvalue weighted by atomic mass is 9.84. The van der Waals surface area contributed by atoms with Crippen molar-refractivity contribution in [3.63, 3.8) is 0 Å². The average molecular weight is 463 g/mol. The topological polar surface area (TPSA) is 76.2 Å². The first-order valence-corrected chi connectivity index (χ1v) is 11.7. The van der Waals surface area contributed by atoms with E-state index in [0.29, 0.717) is 29.8 Å². The summed E-state index contributed by atoms with van der Waals surface area (Å²) in [4.78, 5) is 25.2. The van der Waals surface area contributed by atoms with Crippen LogP contribution in [0, 0.1) is 12.5 Å². The van der Waals surface area contributed by atoms with Gasteiger partial charge in [-0.15, -0.1) is 0 Å². The van der Waals surface area contributed by atoms with Gasteiger partial charge in [-0.3, -0.25) is 4.79 Å². The molecule has 1 saturated carbocycles. The Morgan fingerprint density at radius 1 is 1.15 bits per heavy atom. The van der Waals surface area contributed by atoms with Gasteiger partial charge in [0, 0.05) is 25.0 Å². The van der Waals surface area contributed by atoms with E-state index in [1.807, 2.05) is 41.2 Å². The second-order valence-corrected chi connectivity index (χ2v) is 8.74. The molecule has 2 N–H and O–H groups in total. The molecule has 0 spiro atoms. The molecule has 8 heteroatoms. The van der Waals surface area contributed by atoms with Crippen LogP contribution in [0.3, 0.4) is 0 Å². The van der Waals surface area contributed by atoms with E-state index in [1.165, 1.54) is 19.3 Å². The Balaban J connectivity index is 1.49. The summed E-state index contributed by atoms with van der Waals surface area (Å²) in [5.41, 5.74) is 1.54. The van der Waals surface area contributed by atoms with Crippen LogP contribution in [0.4, 0.5) is 11.5 Å². The van der Waals surface area contributed by atoms with Gasteiger partial charge in [0.05, 0.1) is 6.57 Å². The number of nitrogens with zero attached hydrogens (tertiary/aromatic N) is 4. The summed E-state index contributed by atoms with van der Waals surface area (Å²) in [6.07, 6.45) is 10.5. The average Bonchev–Trinajstić information content (AvgIpc) is 3.38. The van der Waals surface area contributed by atoms with Gasteiger partial charge in [-0.2, -0.15) is 4.98 Å². The molecule has 1 amide bonds. The van der Waals surface area contributed by atoms with Crippen LogP contribution in [0.1, 0.15) is 44.1 Å². The van der Waals surface area contributed by atoms with Crippen molar-refractivity contribution in [1.82, 2.24) is 19.9 Å². The molecule has 4 rings (SSSR count). The molecular weight excluding hydrogens is 436 g/mol. The van der Waals surface area contributed by atoms with E-state index in [-0.39, 0.29) is 11.2 Å². The minimum atomic E-state index is -0.431. The van der Waals surface area contributed by atoms with Crippen molar-refractivity contribution in [2.75, 3.05) is 5.32 Å². The molecule has 1 fully saturated rings. The smallest absolute Gasteiger partial charge is 0.242 e. The first-order valence-electron chi connectivity index (χ1n) is 11.3. The van der Waals surface area contributed by atoms with Crippen LogP contribution in [0.15, 0.2) is 54.9 Å². The highest BCUT2D eigenvalue weighted by Crippen LogP contribution is 2.28. The van der Waals surface area contributed by atoms with Crippen molar-refractivity contribution in [1.29, 1.82) is 0 Å². The number of halogens is 1. The fourth-order valence-corrected chi connectivity index (χ4v) is 4.44. The van der Waals surface area contributed by atoms with Gasteiger partial charge in [0.25, 0.3) is 0 Å². The molecule has 3 aromatic rings. The van der Waals surface area contributed by atoms with Crippen LogP contribution in [0.25, 0.3) is 10.7 Å². The largest absolute Gasteiger partial charge is 0.358 e. The minimum Gasteiger partial charge on any atom is -0.358 e. The van der Waals surface area contributed by atoms with Gasteiger partial charge in [-0.25, -0.2) is 9.83 Å². The van der Waals surface area contributed by atoms with Crippen LogP contribution in [0.5, 0.6) is 0 Å². The van der Waals surface area contributed by atoms with Gasteiger partial charge in [0.15, 0.2) is 5.69 Å². The highest BCUT2D eigenvalue weighted by molar-refractivity contribution is 6.28. The highest BCUT2D eigenvalue weighted by atomic mass is 35.5. The van der Waals surface area contributed by atoms with E-state index in [1.54, 1.807) is 18.2 Å². The molecule has 0 unspecified atom stereocenters. The van der Waals surface area contributed by atoms with Crippen molar-refractivity contribution >= 4 is 29.0 Å². The molecule has 1 aliphatic carbocycles. The van der Waals surface area contributed by atoms with Crippen LogP contribution in [-0.2, 0) is 11.3 Å². The van der Waals surface area contributed by atoms with Crippen molar-refractivity contribution in [3.8, 4) is 5.82 Å². The van der Waals surface area contributed by atoms with E-state index in [2.05, 4.69) is 25.4 Å². The molecule has 2 aromatic heterocycles. The van der Waals surface area contributed by atoms with E-state index in [9.17, 15) is 4.79 Å². The number of aromatic nitrogens is 3. The van der Waals surface area contributed by atoms with Gasteiger partial charge in [-0.05, 0) is 41.6 Å². The van der Waals surface area contributed by atoms with Gasteiger partial charge in [0.2, 0.25) is 11.2 Å². The SMILES string of the molecule is [C-]#[N+]c1ccc(CNC(=O)[C@@H](CC2CCCCC2)Nc2cc(-n3cccc3)nc(Cl)n2)cc1. The number of rotatable bonds is 8. The molecule has 170 valence electrons. The van der Waals surface area contributed by atoms with E-state index >= 15 is 0 Å². The highest BCUT2D eigenvalue weighted by Gasteiger charge is 2.25. The number of amides is 1. The third-order valence-corrected chi connectivity index (χ3v) is 6.19. The first kappa shape index (κ1) is 22.8. The molecule has 2 heterocycles. The maximum absolute atomic E-state index is 13.2. The molecule has 0 aliphatic heterocycles. The Kier molecular flexibility index (Phi) is 7.59. The molecule has 0 radical (unpaired) electrons. The summed E-state index contributed by atoms with van der Waals surface area (Å²) >= 11 is 6.19. The standard InChI is InChI=1S/C25H27ClN6O/c1-27-20-11-9-19(10-12-20)17-28-24(33)21(15-18-7-3-2-4-8-18)29-22-16-23(31-25(26)30-22)32-13-5-6-14-32/h5-6,9-14,16,18,21H,2-4,7-8,15,17H2,(H,28,33)(H,29,30,31)/t21-/m1/s1. The van der Waals surface area contributed by atoms with E-state index < -0.39 is 6.04 Å². The fourth-order valence-electron chi connectivity index (χ4n) is 4.27. The lowest BCUT2D eigenvalue weighted by molar-refractivity contribution is -0.122. The predicted octanol–water partition coefficient (Wildman–Crippen LogP) is 5.54. The third-order valence-electron chi connectivity index (χ3n) is 6.02. The molecule has 0 saturated heterocycles. The monoisotopic (exact) mass is 462 g/mol. The van der Waals surface area contributed by atoms with Crippen molar-refractivity contribution in [2.24, 2.45) is 5.92 Å². The summed E-state index contributed by atoms with van der Waals surface area (Å²) in [7, 11) is 0. The second-order valence-electron chi connectivity index (χ2n) is 8.40. The number of benzene rings is 1. The Morgan fingerprint density at radius 2 is 1.88 bits per heavy atom. The maximum atomic E-state index is 13.2. The van der Waals surface area contributed by atoms with Gasteiger partial charge >= 0.3 is 0 Å². The molecular formula is C25H27ClN6O. The summed E-state index contributed by atoms with van der Waals surface area (Å²) in [5, 5.41) is 6.49. The third kappa shape index (κ3) is 6.33. The summed E-state index contributed by atoms with van der Waals surface area (Å²) < 4.78 is 1.85. The molecule has 0 bridgehead atoms. The van der Waals surface area contributed by atoms with Crippen molar-refractivity contribution in [2.45, 2.75) is 51.1 Å². The van der Waals surface area contributed by atoms with Gasteiger partial charge in [-0.1, -0.05) is 56.4 Å². The molecule has 1 aromatic carbocycles. The number of carbonyl (C=O) groups excluding carboxylic acids is 1. The Labute approximate surface area is 199 Å². The Bertz CT molecular complexity index is 1100. The first-order chi connectivity index (χ1) is 16.1. The minimum absolute atomic E-state index is 0.0768. The molecule has 1 aliphatic rings. The zero-order chi connectivity index (χ0) is 23.0. The molecule has 33 heavy (non-hydrogen) atoms. The molecule has 7 nitrogen and oxygen atoms in total. The molecule has 1 atom stereocenters.